The second-order valence-corrected chi connectivity index (χ2v) is 9.65. The van der Waals surface area contributed by atoms with E-state index in [9.17, 15) is 9.59 Å². The van der Waals surface area contributed by atoms with Crippen molar-refractivity contribution >= 4 is 81.1 Å². The van der Waals surface area contributed by atoms with Crippen LogP contribution in [0.4, 0.5) is 11.4 Å². The summed E-state index contributed by atoms with van der Waals surface area (Å²) in [6, 6.07) is 17.1. The summed E-state index contributed by atoms with van der Waals surface area (Å²) in [5.41, 5.74) is 1.76. The number of anilines is 2. The fraction of sp³-hybridized carbons (Fsp3) is 0.0385. The van der Waals surface area contributed by atoms with Crippen LogP contribution in [0.1, 0.15) is 15.4 Å². The molecule has 0 saturated heterocycles. The fourth-order valence-corrected chi connectivity index (χ4v) is 4.55. The second kappa shape index (κ2) is 12.1. The number of hydrogen-bond acceptors (Lipinski definition) is 6. The molecular weight excluding hydrogens is 553 g/mol. The Labute approximate surface area is 232 Å². The van der Waals surface area contributed by atoms with Gasteiger partial charge in [0.25, 0.3) is 5.91 Å². The third-order valence-corrected chi connectivity index (χ3v) is 6.53. The van der Waals surface area contributed by atoms with Crippen molar-refractivity contribution in [3.05, 3.63) is 92.8 Å². The predicted molar refractivity (Wildman–Crippen MR) is 153 cm³/mol. The normalized spacial score (nSPS) is 10.8. The lowest BCUT2D eigenvalue weighted by Crippen LogP contribution is -2.32. The first-order chi connectivity index (χ1) is 17.8. The van der Waals surface area contributed by atoms with Crippen molar-refractivity contribution in [2.45, 2.75) is 0 Å². The van der Waals surface area contributed by atoms with Gasteiger partial charge in [0, 0.05) is 28.4 Å². The molecule has 4 aromatic rings. The van der Waals surface area contributed by atoms with E-state index in [1.54, 1.807) is 60.7 Å². The van der Waals surface area contributed by atoms with Crippen LogP contribution in [0, 0.1) is 0 Å². The molecule has 3 N–H and O–H groups in total. The number of methoxy groups -OCH3 is 1. The number of thiophene rings is 1. The van der Waals surface area contributed by atoms with Gasteiger partial charge in [0.15, 0.2) is 5.11 Å². The monoisotopic (exact) mass is 571 g/mol. The number of rotatable bonds is 7. The number of benzene rings is 2. The van der Waals surface area contributed by atoms with Crippen molar-refractivity contribution in [1.82, 2.24) is 5.32 Å². The van der Waals surface area contributed by atoms with Gasteiger partial charge < -0.3 is 19.8 Å². The van der Waals surface area contributed by atoms with E-state index in [-0.39, 0.29) is 11.0 Å². The maximum absolute atomic E-state index is 12.3. The van der Waals surface area contributed by atoms with Gasteiger partial charge in [-0.3, -0.25) is 14.9 Å². The summed E-state index contributed by atoms with van der Waals surface area (Å²) < 4.78 is 11.1. The zero-order chi connectivity index (χ0) is 26.4. The number of amides is 2. The highest BCUT2D eigenvalue weighted by Gasteiger charge is 2.12. The van der Waals surface area contributed by atoms with Gasteiger partial charge in [-0.1, -0.05) is 29.3 Å². The highest BCUT2D eigenvalue weighted by atomic mass is 35.5. The van der Waals surface area contributed by atoms with E-state index in [1.807, 2.05) is 5.38 Å². The molecule has 0 bridgehead atoms. The van der Waals surface area contributed by atoms with E-state index >= 15 is 0 Å². The number of nitrogens with one attached hydrogen (secondary N) is 3. The van der Waals surface area contributed by atoms with Crippen LogP contribution in [0.5, 0.6) is 5.75 Å². The Morgan fingerprint density at radius 1 is 1.05 bits per heavy atom. The summed E-state index contributed by atoms with van der Waals surface area (Å²) in [4.78, 5) is 25.2. The summed E-state index contributed by atoms with van der Waals surface area (Å²) in [6.07, 6.45) is 2.81. The zero-order valence-electron chi connectivity index (χ0n) is 19.2. The molecule has 0 spiro atoms. The quantitative estimate of drug-likeness (QED) is 0.162. The molecule has 7 nitrogen and oxygen atoms in total. The Morgan fingerprint density at radius 3 is 2.62 bits per heavy atom. The maximum atomic E-state index is 12.3. The van der Waals surface area contributed by atoms with Crippen LogP contribution < -0.4 is 20.7 Å². The average Bonchev–Trinajstić information content (AvgIpc) is 3.56. The van der Waals surface area contributed by atoms with Gasteiger partial charge in [-0.15, -0.1) is 11.3 Å². The molecule has 2 heterocycles. The third-order valence-electron chi connectivity index (χ3n) is 4.91. The molecule has 0 saturated carbocycles. The van der Waals surface area contributed by atoms with Crippen molar-refractivity contribution in [1.29, 1.82) is 0 Å². The van der Waals surface area contributed by atoms with Gasteiger partial charge in [0.05, 0.1) is 22.7 Å². The molecule has 11 heteroatoms. The molecule has 37 heavy (non-hydrogen) atoms. The number of ether oxygens (including phenoxy) is 1. The minimum Gasteiger partial charge on any atom is -0.494 e. The van der Waals surface area contributed by atoms with Crippen molar-refractivity contribution in [2.75, 3.05) is 17.7 Å². The van der Waals surface area contributed by atoms with Crippen LogP contribution in [0.15, 0.2) is 76.5 Å². The second-order valence-electron chi connectivity index (χ2n) is 7.45. The smallest absolute Gasteiger partial charge is 0.265 e. The SMILES string of the molecule is COc1cc(NC(=S)NC(=O)/C=C/c2ccc(-c3ccc(Cl)cc3Cl)o2)ccc1NC(=O)c1cccs1. The summed E-state index contributed by atoms with van der Waals surface area (Å²) in [6.45, 7) is 0. The average molecular weight is 572 g/mol. The molecule has 0 radical (unpaired) electrons. The Kier molecular flexibility index (Phi) is 8.62. The van der Waals surface area contributed by atoms with Crippen LogP contribution in [0.2, 0.25) is 10.0 Å². The Balaban J connectivity index is 1.33. The highest BCUT2D eigenvalue weighted by molar-refractivity contribution is 7.80. The number of carbonyl (C=O) groups is 2. The molecule has 2 aromatic carbocycles. The Morgan fingerprint density at radius 2 is 1.89 bits per heavy atom. The molecule has 0 unspecified atom stereocenters. The van der Waals surface area contributed by atoms with E-state index in [1.165, 1.54) is 30.6 Å². The van der Waals surface area contributed by atoms with Crippen molar-refractivity contribution in [3.63, 3.8) is 0 Å². The molecule has 2 aromatic heterocycles. The molecule has 4 rings (SSSR count). The minimum absolute atomic E-state index is 0.0835. The van der Waals surface area contributed by atoms with Crippen LogP contribution in [0.25, 0.3) is 17.4 Å². The van der Waals surface area contributed by atoms with E-state index < -0.39 is 5.91 Å². The first kappa shape index (κ1) is 26.4. The molecule has 188 valence electrons. The lowest BCUT2D eigenvalue weighted by atomic mass is 10.2. The summed E-state index contributed by atoms with van der Waals surface area (Å²) in [5.74, 6) is 0.747. The molecule has 0 aliphatic rings. The van der Waals surface area contributed by atoms with Crippen LogP contribution in [-0.2, 0) is 4.79 Å². The third kappa shape index (κ3) is 6.99. The van der Waals surface area contributed by atoms with Gasteiger partial charge in [-0.05, 0) is 72.2 Å². The maximum Gasteiger partial charge on any atom is 0.265 e. The van der Waals surface area contributed by atoms with Crippen LogP contribution in [-0.4, -0.2) is 24.0 Å². The summed E-state index contributed by atoms with van der Waals surface area (Å²) in [7, 11) is 1.49. The standard InChI is InChI=1S/C26H19Cl2N3O4S2/c1-34-22-14-16(5-9-20(22)30-25(33)23-3-2-12-37-23)29-26(36)31-24(32)11-7-17-6-10-21(35-17)18-8-4-15(27)13-19(18)28/h2-14H,1H3,(H,30,33)(H2,29,31,32,36)/b11-7+. The fourth-order valence-electron chi connectivity index (χ4n) is 3.21. The Bertz CT molecular complexity index is 1480. The highest BCUT2D eigenvalue weighted by Crippen LogP contribution is 2.32. The number of hydrogen-bond donors (Lipinski definition) is 3. The van der Waals surface area contributed by atoms with E-state index in [4.69, 9.17) is 44.6 Å². The number of thiocarbonyl (C=S) groups is 1. The Hall–Kier alpha value is -3.63. The molecule has 0 atom stereocenters. The molecule has 0 fully saturated rings. The van der Waals surface area contributed by atoms with Crippen LogP contribution >= 0.6 is 46.8 Å². The lowest BCUT2D eigenvalue weighted by molar-refractivity contribution is -0.115. The molecular formula is C26H19Cl2N3O4S2. The van der Waals surface area contributed by atoms with Crippen molar-refractivity contribution < 1.29 is 18.7 Å². The van der Waals surface area contributed by atoms with E-state index in [0.717, 1.165) is 0 Å². The summed E-state index contributed by atoms with van der Waals surface area (Å²) >= 11 is 18.7. The molecule has 0 aliphatic heterocycles. The number of carbonyl (C=O) groups excluding carboxylic acids is 2. The topological polar surface area (TPSA) is 92.6 Å². The van der Waals surface area contributed by atoms with Gasteiger partial charge in [-0.2, -0.15) is 0 Å². The first-order valence-corrected chi connectivity index (χ1v) is 12.7. The largest absolute Gasteiger partial charge is 0.494 e. The number of furan rings is 1. The van der Waals surface area contributed by atoms with Gasteiger partial charge in [0.2, 0.25) is 5.91 Å². The molecule has 0 aliphatic carbocycles. The lowest BCUT2D eigenvalue weighted by Gasteiger charge is -2.13. The van der Waals surface area contributed by atoms with Crippen molar-refractivity contribution in [3.8, 4) is 17.1 Å². The minimum atomic E-state index is -0.452. The van der Waals surface area contributed by atoms with Crippen LogP contribution in [0.3, 0.4) is 0 Å². The summed E-state index contributed by atoms with van der Waals surface area (Å²) in [5, 5.41) is 11.2. The van der Waals surface area contributed by atoms with Gasteiger partial charge >= 0.3 is 0 Å². The van der Waals surface area contributed by atoms with Gasteiger partial charge in [-0.25, -0.2) is 0 Å². The van der Waals surface area contributed by atoms with Crippen molar-refractivity contribution in [2.24, 2.45) is 0 Å². The first-order valence-electron chi connectivity index (χ1n) is 10.7. The zero-order valence-corrected chi connectivity index (χ0v) is 22.4. The number of halogens is 2. The van der Waals surface area contributed by atoms with Gasteiger partial charge in [0.1, 0.15) is 17.3 Å². The predicted octanol–water partition coefficient (Wildman–Crippen LogP) is 7.10. The van der Waals surface area contributed by atoms with E-state index in [0.29, 0.717) is 49.1 Å². The van der Waals surface area contributed by atoms with E-state index in [2.05, 4.69) is 16.0 Å². The molecule has 2 amide bonds.